The van der Waals surface area contributed by atoms with Crippen molar-refractivity contribution < 1.29 is 9.53 Å². The number of imidazole rings is 1. The van der Waals surface area contributed by atoms with Gasteiger partial charge in [-0.1, -0.05) is 35.1 Å². The van der Waals surface area contributed by atoms with E-state index >= 15 is 0 Å². The molecule has 160 valence electrons. The summed E-state index contributed by atoms with van der Waals surface area (Å²) in [7, 11) is 0. The standard InChI is InChI=1S/C23H23ClN4O2S/c1-16-5-3-6-19(11-16)30-14-21(29)28(9-4-8-27-10-7-25-15-27)23-26-22-17(2)12-18(24)13-20(22)31-23/h3,5-7,10-13,15H,4,8-9,14H2,1-2H3. The largest absolute Gasteiger partial charge is 0.484 e. The van der Waals surface area contributed by atoms with Crippen LogP contribution in [0.3, 0.4) is 0 Å². The van der Waals surface area contributed by atoms with E-state index in [0.717, 1.165) is 34.3 Å². The van der Waals surface area contributed by atoms with E-state index in [1.807, 2.05) is 61.0 Å². The normalized spacial score (nSPS) is 11.1. The Morgan fingerprint density at radius 3 is 2.90 bits per heavy atom. The molecule has 0 aliphatic rings. The van der Waals surface area contributed by atoms with Gasteiger partial charge in [-0.3, -0.25) is 9.69 Å². The minimum atomic E-state index is -0.130. The number of carbonyl (C=O) groups is 1. The highest BCUT2D eigenvalue weighted by Crippen LogP contribution is 2.33. The Kier molecular flexibility index (Phi) is 6.53. The summed E-state index contributed by atoms with van der Waals surface area (Å²) < 4.78 is 8.73. The van der Waals surface area contributed by atoms with E-state index in [0.29, 0.717) is 22.4 Å². The Morgan fingerprint density at radius 1 is 1.26 bits per heavy atom. The van der Waals surface area contributed by atoms with Gasteiger partial charge in [-0.15, -0.1) is 0 Å². The van der Waals surface area contributed by atoms with Gasteiger partial charge in [0.2, 0.25) is 0 Å². The minimum absolute atomic E-state index is 0.0514. The molecule has 0 unspecified atom stereocenters. The molecule has 6 nitrogen and oxygen atoms in total. The van der Waals surface area contributed by atoms with Crippen LogP contribution in [0.5, 0.6) is 5.75 Å². The van der Waals surface area contributed by atoms with Gasteiger partial charge in [0.25, 0.3) is 5.91 Å². The average Bonchev–Trinajstić information content (AvgIpc) is 3.39. The van der Waals surface area contributed by atoms with Crippen molar-refractivity contribution in [2.75, 3.05) is 18.1 Å². The number of carbonyl (C=O) groups excluding carboxylic acids is 1. The van der Waals surface area contributed by atoms with E-state index in [1.165, 1.54) is 11.3 Å². The van der Waals surface area contributed by atoms with Crippen LogP contribution in [0.1, 0.15) is 17.5 Å². The molecule has 1 amide bonds. The van der Waals surface area contributed by atoms with Gasteiger partial charge < -0.3 is 9.30 Å². The molecule has 8 heteroatoms. The zero-order chi connectivity index (χ0) is 21.8. The van der Waals surface area contributed by atoms with Gasteiger partial charge >= 0.3 is 0 Å². The van der Waals surface area contributed by atoms with Crippen molar-refractivity contribution in [3.05, 3.63) is 71.3 Å². The first-order valence-corrected chi connectivity index (χ1v) is 11.2. The minimum Gasteiger partial charge on any atom is -0.484 e. The third-order valence-electron chi connectivity index (χ3n) is 4.88. The molecule has 0 fully saturated rings. The number of nitrogens with zero attached hydrogens (tertiary/aromatic N) is 4. The molecule has 0 spiro atoms. The number of aryl methyl sites for hydroxylation is 3. The SMILES string of the molecule is Cc1cccc(OCC(=O)N(CCCn2ccnc2)c2nc3c(C)cc(Cl)cc3s2)c1. The average molecular weight is 455 g/mol. The van der Waals surface area contributed by atoms with Crippen molar-refractivity contribution in [3.8, 4) is 5.75 Å². The quantitative estimate of drug-likeness (QED) is 0.364. The third-order valence-corrected chi connectivity index (χ3v) is 6.12. The van der Waals surface area contributed by atoms with Crippen LogP contribution in [0.25, 0.3) is 10.2 Å². The summed E-state index contributed by atoms with van der Waals surface area (Å²) in [6, 6.07) is 11.5. The van der Waals surface area contributed by atoms with Crippen molar-refractivity contribution in [3.63, 3.8) is 0 Å². The lowest BCUT2D eigenvalue weighted by Crippen LogP contribution is -2.36. The van der Waals surface area contributed by atoms with Gasteiger partial charge in [-0.05, 0) is 55.7 Å². The maximum Gasteiger partial charge on any atom is 0.266 e. The van der Waals surface area contributed by atoms with Crippen LogP contribution < -0.4 is 9.64 Å². The maximum absolute atomic E-state index is 13.1. The number of amides is 1. The molecule has 2 aromatic heterocycles. The molecule has 0 aliphatic heterocycles. The Hall–Kier alpha value is -2.90. The van der Waals surface area contributed by atoms with Crippen LogP contribution in [0, 0.1) is 13.8 Å². The fourth-order valence-corrected chi connectivity index (χ4v) is 4.81. The molecule has 2 aromatic carbocycles. The molecular formula is C23H23ClN4O2S. The van der Waals surface area contributed by atoms with Crippen LogP contribution in [0.15, 0.2) is 55.1 Å². The Bertz CT molecular complexity index is 1190. The highest BCUT2D eigenvalue weighted by atomic mass is 35.5. The van der Waals surface area contributed by atoms with Gasteiger partial charge in [-0.2, -0.15) is 0 Å². The Balaban J connectivity index is 1.54. The molecule has 31 heavy (non-hydrogen) atoms. The lowest BCUT2D eigenvalue weighted by atomic mass is 10.2. The number of anilines is 1. The molecule has 4 aromatic rings. The van der Waals surface area contributed by atoms with E-state index in [1.54, 1.807) is 17.4 Å². The van der Waals surface area contributed by atoms with E-state index in [-0.39, 0.29) is 12.5 Å². The molecule has 4 rings (SSSR count). The summed E-state index contributed by atoms with van der Waals surface area (Å²) in [6.45, 7) is 5.21. The first kappa shape index (κ1) is 21.3. The van der Waals surface area contributed by atoms with Gasteiger partial charge in [0.05, 0.1) is 16.5 Å². The zero-order valence-corrected chi connectivity index (χ0v) is 19.0. The van der Waals surface area contributed by atoms with Gasteiger partial charge in [-0.25, -0.2) is 9.97 Å². The fourth-order valence-electron chi connectivity index (χ4n) is 3.34. The molecule has 0 aliphatic carbocycles. The smallest absolute Gasteiger partial charge is 0.266 e. The van der Waals surface area contributed by atoms with Crippen molar-refractivity contribution in [1.82, 2.24) is 14.5 Å². The highest BCUT2D eigenvalue weighted by Gasteiger charge is 2.21. The van der Waals surface area contributed by atoms with E-state index in [2.05, 4.69) is 4.98 Å². The van der Waals surface area contributed by atoms with E-state index < -0.39 is 0 Å². The molecule has 0 saturated heterocycles. The number of fused-ring (bicyclic) bond motifs is 1. The van der Waals surface area contributed by atoms with Crippen molar-refractivity contribution in [2.45, 2.75) is 26.8 Å². The second-order valence-corrected chi connectivity index (χ2v) is 8.82. The summed E-state index contributed by atoms with van der Waals surface area (Å²) in [6.07, 6.45) is 6.20. The predicted octanol–water partition coefficient (Wildman–Crippen LogP) is 5.27. The number of hydrogen-bond donors (Lipinski definition) is 0. The summed E-state index contributed by atoms with van der Waals surface area (Å²) in [5, 5.41) is 1.32. The van der Waals surface area contributed by atoms with Gasteiger partial charge in [0, 0.05) is 30.5 Å². The lowest BCUT2D eigenvalue weighted by molar-refractivity contribution is -0.120. The number of benzene rings is 2. The second-order valence-electron chi connectivity index (χ2n) is 7.37. The molecule has 0 bridgehead atoms. The van der Waals surface area contributed by atoms with Crippen LogP contribution in [0.2, 0.25) is 5.02 Å². The molecule has 0 atom stereocenters. The number of halogens is 1. The predicted molar refractivity (Wildman–Crippen MR) is 125 cm³/mol. The molecular weight excluding hydrogens is 432 g/mol. The summed E-state index contributed by atoms with van der Waals surface area (Å²) in [4.78, 5) is 23.7. The monoisotopic (exact) mass is 454 g/mol. The summed E-state index contributed by atoms with van der Waals surface area (Å²) in [5.41, 5.74) is 2.95. The Labute approximate surface area is 190 Å². The number of aromatic nitrogens is 3. The van der Waals surface area contributed by atoms with Crippen LogP contribution in [0.4, 0.5) is 5.13 Å². The first-order valence-electron chi connectivity index (χ1n) is 10.0. The van der Waals surface area contributed by atoms with E-state index in [4.69, 9.17) is 21.3 Å². The number of ether oxygens (including phenoxy) is 1. The fraction of sp³-hybridized carbons (Fsp3) is 0.261. The van der Waals surface area contributed by atoms with Gasteiger partial charge in [0.1, 0.15) is 5.75 Å². The van der Waals surface area contributed by atoms with Crippen LogP contribution >= 0.6 is 22.9 Å². The zero-order valence-electron chi connectivity index (χ0n) is 17.4. The molecule has 0 N–H and O–H groups in total. The number of rotatable bonds is 8. The number of hydrogen-bond acceptors (Lipinski definition) is 5. The number of thiazole rings is 1. The van der Waals surface area contributed by atoms with Crippen LogP contribution in [-0.4, -0.2) is 33.6 Å². The molecule has 0 radical (unpaired) electrons. The summed E-state index contributed by atoms with van der Waals surface area (Å²) >= 11 is 7.68. The molecule has 0 saturated carbocycles. The van der Waals surface area contributed by atoms with Crippen LogP contribution in [-0.2, 0) is 11.3 Å². The Morgan fingerprint density at radius 2 is 2.13 bits per heavy atom. The first-order chi connectivity index (χ1) is 15.0. The van der Waals surface area contributed by atoms with Crippen molar-refractivity contribution in [2.24, 2.45) is 0 Å². The third kappa shape index (κ3) is 5.24. The summed E-state index contributed by atoms with van der Waals surface area (Å²) in [5.74, 6) is 0.550. The van der Waals surface area contributed by atoms with Crippen molar-refractivity contribution >= 4 is 44.2 Å². The highest BCUT2D eigenvalue weighted by molar-refractivity contribution is 7.22. The topological polar surface area (TPSA) is 60.2 Å². The van der Waals surface area contributed by atoms with Crippen molar-refractivity contribution in [1.29, 1.82) is 0 Å². The van der Waals surface area contributed by atoms with Gasteiger partial charge in [0.15, 0.2) is 11.7 Å². The maximum atomic E-state index is 13.1. The lowest BCUT2D eigenvalue weighted by Gasteiger charge is -2.20. The van der Waals surface area contributed by atoms with E-state index in [9.17, 15) is 4.79 Å². The second kappa shape index (κ2) is 9.49. The molecule has 2 heterocycles.